The summed E-state index contributed by atoms with van der Waals surface area (Å²) in [5, 5.41) is 5.10. The third kappa shape index (κ3) is 4.93. The SMILES string of the molecule is CCOC(=O)C1=C(CS(=O)(=O)c2ccc(F)c(C)c2)NC(=O)N[C@H]1c1ccc(C)cc1. The molecule has 164 valence electrons. The molecular formula is C22H23FN2O5S. The Morgan fingerprint density at radius 3 is 2.42 bits per heavy atom. The van der Waals surface area contributed by atoms with Gasteiger partial charge in [-0.3, -0.25) is 0 Å². The molecule has 1 aliphatic heterocycles. The Morgan fingerprint density at radius 2 is 1.81 bits per heavy atom. The van der Waals surface area contributed by atoms with Crippen LogP contribution in [0.4, 0.5) is 9.18 Å². The maximum Gasteiger partial charge on any atom is 0.338 e. The summed E-state index contributed by atoms with van der Waals surface area (Å²) >= 11 is 0. The number of rotatable bonds is 6. The molecule has 31 heavy (non-hydrogen) atoms. The van der Waals surface area contributed by atoms with Crippen molar-refractivity contribution in [1.29, 1.82) is 0 Å². The van der Waals surface area contributed by atoms with Gasteiger partial charge in [-0.05, 0) is 50.1 Å². The molecule has 1 heterocycles. The molecule has 3 rings (SSSR count). The summed E-state index contributed by atoms with van der Waals surface area (Å²) in [6, 6.07) is 9.07. The lowest BCUT2D eigenvalue weighted by Crippen LogP contribution is -2.47. The zero-order chi connectivity index (χ0) is 22.8. The Kier molecular flexibility index (Phi) is 6.45. The van der Waals surface area contributed by atoms with E-state index in [1.807, 2.05) is 19.1 Å². The lowest BCUT2D eigenvalue weighted by Gasteiger charge is -2.29. The molecule has 0 aliphatic carbocycles. The molecule has 1 aliphatic rings. The second-order valence-electron chi connectivity index (χ2n) is 7.22. The van der Waals surface area contributed by atoms with Gasteiger partial charge in [0.1, 0.15) is 5.82 Å². The lowest BCUT2D eigenvalue weighted by molar-refractivity contribution is -0.139. The van der Waals surface area contributed by atoms with Crippen molar-refractivity contribution in [2.24, 2.45) is 0 Å². The van der Waals surface area contributed by atoms with Crippen molar-refractivity contribution < 1.29 is 27.1 Å². The predicted molar refractivity (Wildman–Crippen MR) is 112 cm³/mol. The molecular weight excluding hydrogens is 423 g/mol. The minimum absolute atomic E-state index is 0.00714. The third-order valence-corrected chi connectivity index (χ3v) is 6.52. The molecule has 0 spiro atoms. The van der Waals surface area contributed by atoms with Crippen molar-refractivity contribution in [3.8, 4) is 0 Å². The van der Waals surface area contributed by atoms with Gasteiger partial charge in [0.2, 0.25) is 0 Å². The van der Waals surface area contributed by atoms with Gasteiger partial charge in [0.05, 0.1) is 28.9 Å². The maximum absolute atomic E-state index is 13.6. The fourth-order valence-electron chi connectivity index (χ4n) is 3.27. The Bertz CT molecular complexity index is 1160. The van der Waals surface area contributed by atoms with E-state index in [4.69, 9.17) is 4.74 Å². The van der Waals surface area contributed by atoms with Gasteiger partial charge in [0.25, 0.3) is 0 Å². The van der Waals surface area contributed by atoms with E-state index >= 15 is 0 Å². The van der Waals surface area contributed by atoms with Crippen LogP contribution in [-0.2, 0) is 19.4 Å². The summed E-state index contributed by atoms with van der Waals surface area (Å²) in [7, 11) is -3.99. The third-order valence-electron chi connectivity index (χ3n) is 4.88. The van der Waals surface area contributed by atoms with Crippen LogP contribution in [0.15, 0.2) is 58.6 Å². The van der Waals surface area contributed by atoms with Gasteiger partial charge >= 0.3 is 12.0 Å². The molecule has 0 saturated carbocycles. The number of urea groups is 1. The fraction of sp³-hybridized carbons (Fsp3) is 0.273. The minimum Gasteiger partial charge on any atom is -0.463 e. The summed E-state index contributed by atoms with van der Waals surface area (Å²) in [6.45, 7) is 5.06. The number of hydrogen-bond donors (Lipinski definition) is 2. The van der Waals surface area contributed by atoms with Crippen molar-refractivity contribution in [2.45, 2.75) is 31.7 Å². The molecule has 0 radical (unpaired) electrons. The topological polar surface area (TPSA) is 102 Å². The van der Waals surface area contributed by atoms with E-state index in [1.165, 1.54) is 13.0 Å². The van der Waals surface area contributed by atoms with Gasteiger partial charge in [0, 0.05) is 5.70 Å². The van der Waals surface area contributed by atoms with E-state index in [2.05, 4.69) is 10.6 Å². The molecule has 2 aromatic rings. The first-order valence-electron chi connectivity index (χ1n) is 9.65. The smallest absolute Gasteiger partial charge is 0.338 e. The molecule has 9 heteroatoms. The zero-order valence-electron chi connectivity index (χ0n) is 17.4. The van der Waals surface area contributed by atoms with Gasteiger partial charge < -0.3 is 15.4 Å². The van der Waals surface area contributed by atoms with Crippen molar-refractivity contribution in [3.63, 3.8) is 0 Å². The second kappa shape index (κ2) is 8.89. The van der Waals surface area contributed by atoms with E-state index < -0.39 is 39.4 Å². The van der Waals surface area contributed by atoms with E-state index in [9.17, 15) is 22.4 Å². The van der Waals surface area contributed by atoms with Crippen molar-refractivity contribution in [2.75, 3.05) is 12.4 Å². The summed E-state index contributed by atoms with van der Waals surface area (Å²) in [4.78, 5) is 25.0. The van der Waals surface area contributed by atoms with E-state index in [-0.39, 0.29) is 28.3 Å². The zero-order valence-corrected chi connectivity index (χ0v) is 18.2. The molecule has 1 atom stereocenters. The van der Waals surface area contributed by atoms with Gasteiger partial charge in [0.15, 0.2) is 9.84 Å². The van der Waals surface area contributed by atoms with Crippen LogP contribution in [0.25, 0.3) is 0 Å². The second-order valence-corrected chi connectivity index (χ2v) is 9.21. The number of aryl methyl sites for hydroxylation is 2. The van der Waals surface area contributed by atoms with Crippen LogP contribution in [0.2, 0.25) is 0 Å². The highest BCUT2D eigenvalue weighted by atomic mass is 32.2. The van der Waals surface area contributed by atoms with Crippen LogP contribution in [0.1, 0.15) is 29.7 Å². The van der Waals surface area contributed by atoms with Gasteiger partial charge in [-0.2, -0.15) is 0 Å². The van der Waals surface area contributed by atoms with Crippen molar-refractivity contribution in [1.82, 2.24) is 10.6 Å². The number of ether oxygens (including phenoxy) is 1. The number of carbonyl (C=O) groups is 2. The molecule has 7 nitrogen and oxygen atoms in total. The van der Waals surface area contributed by atoms with Crippen LogP contribution in [0.3, 0.4) is 0 Å². The highest BCUT2D eigenvalue weighted by Gasteiger charge is 2.35. The molecule has 0 bridgehead atoms. The quantitative estimate of drug-likeness (QED) is 0.525. The van der Waals surface area contributed by atoms with E-state index in [1.54, 1.807) is 19.1 Å². The summed E-state index contributed by atoms with van der Waals surface area (Å²) in [5.41, 5.74) is 1.70. The lowest BCUT2D eigenvalue weighted by atomic mass is 9.95. The molecule has 2 N–H and O–H groups in total. The first-order chi connectivity index (χ1) is 14.6. The first kappa shape index (κ1) is 22.5. The maximum atomic E-state index is 13.6. The predicted octanol–water partition coefficient (Wildman–Crippen LogP) is 3.09. The summed E-state index contributed by atoms with van der Waals surface area (Å²) in [5.74, 6) is -1.91. The Labute approximate surface area is 180 Å². The highest BCUT2D eigenvalue weighted by Crippen LogP contribution is 2.29. The number of esters is 1. The van der Waals surface area contributed by atoms with Gasteiger partial charge in [-0.1, -0.05) is 29.8 Å². The van der Waals surface area contributed by atoms with Gasteiger partial charge in [-0.15, -0.1) is 0 Å². The molecule has 2 aromatic carbocycles. The average molecular weight is 447 g/mol. The number of halogens is 1. The number of nitrogens with one attached hydrogen (secondary N) is 2. The number of carbonyl (C=O) groups excluding carboxylic acids is 2. The number of amides is 2. The summed E-state index contributed by atoms with van der Waals surface area (Å²) < 4.78 is 44.7. The average Bonchev–Trinajstić information content (AvgIpc) is 2.70. The largest absolute Gasteiger partial charge is 0.463 e. The standard InChI is InChI=1S/C22H23FN2O5S/c1-4-30-21(26)19-18(12-31(28,29)16-9-10-17(23)14(3)11-16)24-22(27)25-20(19)15-7-5-13(2)6-8-15/h5-11,20H,4,12H2,1-3H3,(H2,24,25,27)/t20-/m0/s1. The number of hydrogen-bond acceptors (Lipinski definition) is 5. The van der Waals surface area contributed by atoms with Crippen LogP contribution in [-0.4, -0.2) is 32.8 Å². The van der Waals surface area contributed by atoms with Gasteiger partial charge in [-0.25, -0.2) is 22.4 Å². The minimum atomic E-state index is -3.99. The Hall–Kier alpha value is -3.20. The van der Waals surface area contributed by atoms with Crippen LogP contribution in [0.5, 0.6) is 0 Å². The number of benzene rings is 2. The molecule has 2 amide bonds. The summed E-state index contributed by atoms with van der Waals surface area (Å²) in [6.07, 6.45) is 0. The monoisotopic (exact) mass is 446 g/mol. The van der Waals surface area contributed by atoms with E-state index in [0.29, 0.717) is 5.56 Å². The van der Waals surface area contributed by atoms with Crippen molar-refractivity contribution in [3.05, 3.63) is 76.2 Å². The molecule has 0 fully saturated rings. The fourth-order valence-corrected chi connectivity index (χ4v) is 4.68. The molecule has 0 saturated heterocycles. The van der Waals surface area contributed by atoms with Crippen molar-refractivity contribution >= 4 is 21.8 Å². The molecule has 0 aromatic heterocycles. The van der Waals surface area contributed by atoms with E-state index in [0.717, 1.165) is 17.7 Å². The normalized spacial score (nSPS) is 16.5. The number of sulfone groups is 1. The van der Waals surface area contributed by atoms with Crippen LogP contribution in [0, 0.1) is 19.7 Å². The van der Waals surface area contributed by atoms with Crippen LogP contribution >= 0.6 is 0 Å². The first-order valence-corrected chi connectivity index (χ1v) is 11.3. The highest BCUT2D eigenvalue weighted by molar-refractivity contribution is 7.91. The Morgan fingerprint density at radius 1 is 1.13 bits per heavy atom. The Balaban J connectivity index is 2.10. The molecule has 0 unspecified atom stereocenters. The van der Waals surface area contributed by atoms with Crippen LogP contribution < -0.4 is 10.6 Å².